The molecule has 0 aromatic carbocycles. The van der Waals surface area contributed by atoms with E-state index in [1.54, 1.807) is 12.8 Å². The minimum absolute atomic E-state index is 0.282. The van der Waals surface area contributed by atoms with E-state index in [1.165, 1.54) is 0 Å². The highest BCUT2D eigenvalue weighted by Crippen LogP contribution is 1.73. The van der Waals surface area contributed by atoms with Gasteiger partial charge in [0.15, 0.2) is 0 Å². The molecule has 0 amide bonds. The third-order valence-corrected chi connectivity index (χ3v) is 0.471. The maximum absolute atomic E-state index is 8.47. The van der Waals surface area contributed by atoms with E-state index in [0.29, 0.717) is 0 Å². The van der Waals surface area contributed by atoms with Gasteiger partial charge in [0.1, 0.15) is 0 Å². The van der Waals surface area contributed by atoms with Gasteiger partial charge in [0, 0.05) is 0 Å². The molecule has 1 N–H and O–H groups in total. The second kappa shape index (κ2) is 2.97. The Morgan fingerprint density at radius 1 is 1.67 bits per heavy atom. The molecule has 0 saturated carbocycles. The van der Waals surface area contributed by atoms with Crippen LogP contribution in [-0.4, -0.2) is 11.9 Å². The molecule has 0 bridgehead atoms. The first-order valence-corrected chi connectivity index (χ1v) is 2.08. The lowest BCUT2D eigenvalue weighted by Gasteiger charge is -1.80. The van der Waals surface area contributed by atoms with Crippen LogP contribution in [0, 0.1) is 0 Å². The van der Waals surface area contributed by atoms with Gasteiger partial charge in [0.25, 0.3) is 0 Å². The van der Waals surface area contributed by atoms with Gasteiger partial charge in [-0.05, 0) is 6.92 Å². The molecule has 1 nitrogen and oxygen atoms in total. The Morgan fingerprint density at radius 2 is 2.17 bits per heavy atom. The summed E-state index contributed by atoms with van der Waals surface area (Å²) in [5.74, 6) is 1.72. The summed E-state index contributed by atoms with van der Waals surface area (Å²) >= 11 is 0. The van der Waals surface area contributed by atoms with E-state index in [-0.39, 0.29) is 6.92 Å². The van der Waals surface area contributed by atoms with E-state index < -0.39 is 0 Å². The Morgan fingerprint density at radius 3 is 2.17 bits per heavy atom. The standard InChI is InChI=1S/C4H9BO/c1-3-4-5(2)6/h3-4,6H,1-2H3/b4-3-. The highest BCUT2D eigenvalue weighted by atomic mass is 16.2. The highest BCUT2D eigenvalue weighted by Gasteiger charge is 1.88. The molecule has 0 aromatic heterocycles. The van der Waals surface area contributed by atoms with Crippen LogP contribution in [0.4, 0.5) is 0 Å². The van der Waals surface area contributed by atoms with Crippen molar-refractivity contribution in [2.24, 2.45) is 0 Å². The van der Waals surface area contributed by atoms with Crippen LogP contribution in [0.2, 0.25) is 6.82 Å². The van der Waals surface area contributed by atoms with E-state index in [2.05, 4.69) is 0 Å². The second-order valence-corrected chi connectivity index (χ2v) is 1.27. The number of allylic oxidation sites excluding steroid dienone is 1. The van der Waals surface area contributed by atoms with Crippen LogP contribution in [0.5, 0.6) is 0 Å². The van der Waals surface area contributed by atoms with E-state index in [4.69, 9.17) is 5.02 Å². The van der Waals surface area contributed by atoms with Gasteiger partial charge in [-0.15, -0.1) is 0 Å². The smallest absolute Gasteiger partial charge is 0.312 e. The van der Waals surface area contributed by atoms with Crippen molar-refractivity contribution in [2.75, 3.05) is 0 Å². The lowest BCUT2D eigenvalue weighted by molar-refractivity contribution is 0.593. The van der Waals surface area contributed by atoms with Crippen molar-refractivity contribution < 1.29 is 5.02 Å². The summed E-state index contributed by atoms with van der Waals surface area (Å²) in [4.78, 5) is 0. The van der Waals surface area contributed by atoms with Gasteiger partial charge in [-0.2, -0.15) is 0 Å². The molecule has 0 aliphatic carbocycles. The minimum atomic E-state index is -0.282. The summed E-state index contributed by atoms with van der Waals surface area (Å²) in [5, 5.41) is 8.47. The van der Waals surface area contributed by atoms with E-state index in [0.717, 1.165) is 0 Å². The normalized spacial score (nSPS) is 9.83. The van der Waals surface area contributed by atoms with Crippen molar-refractivity contribution in [3.8, 4) is 0 Å². The molecule has 0 aliphatic heterocycles. The molecule has 0 atom stereocenters. The Labute approximate surface area is 38.8 Å². The van der Waals surface area contributed by atoms with Crippen LogP contribution in [0.15, 0.2) is 12.1 Å². The van der Waals surface area contributed by atoms with Crippen LogP contribution < -0.4 is 0 Å². The third kappa shape index (κ3) is 3.76. The van der Waals surface area contributed by atoms with Gasteiger partial charge >= 0.3 is 6.92 Å². The van der Waals surface area contributed by atoms with Crippen LogP contribution in [0.25, 0.3) is 0 Å². The lowest BCUT2D eigenvalue weighted by Crippen LogP contribution is -1.98. The maximum Gasteiger partial charge on any atom is 0.312 e. The molecular formula is C4H9BO. The fourth-order valence-electron chi connectivity index (χ4n) is 0.279. The van der Waals surface area contributed by atoms with E-state index in [1.807, 2.05) is 13.0 Å². The molecule has 0 heterocycles. The monoisotopic (exact) mass is 84.1 g/mol. The quantitative estimate of drug-likeness (QED) is 0.464. The first-order valence-electron chi connectivity index (χ1n) is 2.08. The van der Waals surface area contributed by atoms with Gasteiger partial charge in [-0.1, -0.05) is 18.9 Å². The summed E-state index contributed by atoms with van der Waals surface area (Å²) in [7, 11) is 0. The van der Waals surface area contributed by atoms with E-state index >= 15 is 0 Å². The third-order valence-electron chi connectivity index (χ3n) is 0.471. The minimum Gasteiger partial charge on any atom is -0.447 e. The summed E-state index contributed by atoms with van der Waals surface area (Å²) in [6.07, 6.45) is 1.82. The molecule has 0 spiro atoms. The molecule has 0 fully saturated rings. The second-order valence-electron chi connectivity index (χ2n) is 1.27. The van der Waals surface area contributed by atoms with Crippen molar-refractivity contribution in [3.05, 3.63) is 12.1 Å². The topological polar surface area (TPSA) is 20.2 Å². The van der Waals surface area contributed by atoms with Crippen LogP contribution >= 0.6 is 0 Å². The first-order chi connectivity index (χ1) is 2.77. The highest BCUT2D eigenvalue weighted by molar-refractivity contribution is 6.54. The summed E-state index contributed by atoms with van der Waals surface area (Å²) < 4.78 is 0. The Hall–Kier alpha value is -0.235. The zero-order chi connectivity index (χ0) is 4.99. The van der Waals surface area contributed by atoms with Gasteiger partial charge < -0.3 is 5.02 Å². The maximum atomic E-state index is 8.47. The Bertz CT molecular complexity index is 49.5. The molecule has 0 aliphatic rings. The molecule has 0 radical (unpaired) electrons. The van der Waals surface area contributed by atoms with Crippen molar-refractivity contribution >= 4 is 6.92 Å². The first kappa shape index (κ1) is 5.76. The van der Waals surface area contributed by atoms with Gasteiger partial charge in [0.2, 0.25) is 0 Å². The average Bonchev–Trinajstić information content (AvgIpc) is 1.35. The molecule has 0 rings (SSSR count). The molecule has 0 aromatic rings. The van der Waals surface area contributed by atoms with Crippen LogP contribution in [-0.2, 0) is 0 Å². The fourth-order valence-corrected chi connectivity index (χ4v) is 0.279. The predicted octanol–water partition coefficient (Wildman–Crippen LogP) is 0.715. The zero-order valence-corrected chi connectivity index (χ0v) is 4.18. The number of hydrogen-bond acceptors (Lipinski definition) is 1. The lowest BCUT2D eigenvalue weighted by atomic mass is 9.72. The molecule has 0 saturated heterocycles. The fraction of sp³-hybridized carbons (Fsp3) is 0.500. The molecule has 0 unspecified atom stereocenters. The average molecular weight is 83.9 g/mol. The molecular weight excluding hydrogens is 74.9 g/mol. The SMILES string of the molecule is C/C=C\B(C)O. The summed E-state index contributed by atoms with van der Waals surface area (Å²) in [5.41, 5.74) is 0. The number of hydrogen-bond donors (Lipinski definition) is 1. The van der Waals surface area contributed by atoms with Gasteiger partial charge in [-0.25, -0.2) is 0 Å². The molecule has 6 heavy (non-hydrogen) atoms. The van der Waals surface area contributed by atoms with Crippen LogP contribution in [0.3, 0.4) is 0 Å². The summed E-state index contributed by atoms with van der Waals surface area (Å²) in [6, 6.07) is 0. The summed E-state index contributed by atoms with van der Waals surface area (Å²) in [6.45, 7) is 3.32. The zero-order valence-electron chi connectivity index (χ0n) is 4.18. The Balaban J connectivity index is 3.03. The van der Waals surface area contributed by atoms with Crippen molar-refractivity contribution in [1.29, 1.82) is 0 Å². The van der Waals surface area contributed by atoms with Gasteiger partial charge in [0.05, 0.1) is 0 Å². The van der Waals surface area contributed by atoms with Crippen molar-refractivity contribution in [1.82, 2.24) is 0 Å². The number of rotatable bonds is 1. The largest absolute Gasteiger partial charge is 0.447 e. The van der Waals surface area contributed by atoms with Crippen molar-refractivity contribution in [3.63, 3.8) is 0 Å². The Kier molecular flexibility index (Phi) is 2.86. The van der Waals surface area contributed by atoms with E-state index in [9.17, 15) is 0 Å². The predicted molar refractivity (Wildman–Crippen MR) is 28.7 cm³/mol. The van der Waals surface area contributed by atoms with Crippen LogP contribution in [0.1, 0.15) is 6.92 Å². The van der Waals surface area contributed by atoms with Gasteiger partial charge in [-0.3, -0.25) is 0 Å². The molecule has 2 heteroatoms. The molecule has 34 valence electrons. The van der Waals surface area contributed by atoms with Crippen molar-refractivity contribution in [2.45, 2.75) is 13.7 Å².